The molecule has 0 radical (unpaired) electrons. The molecule has 1 aromatic heterocycles. The van der Waals surface area contributed by atoms with E-state index in [1.165, 1.54) is 7.11 Å². The van der Waals surface area contributed by atoms with Crippen molar-refractivity contribution in [1.29, 1.82) is 0 Å². The number of methoxy groups -OCH3 is 1. The van der Waals surface area contributed by atoms with Crippen LogP contribution in [0.15, 0.2) is 12.1 Å². The van der Waals surface area contributed by atoms with E-state index < -0.39 is 0 Å². The average molecular weight is 235 g/mol. The number of carbonyl (C=O) groups excluding carboxylic acids is 1. The van der Waals surface area contributed by atoms with Gasteiger partial charge in [-0.05, 0) is 24.8 Å². The van der Waals surface area contributed by atoms with E-state index in [0.29, 0.717) is 17.5 Å². The second-order valence-electron chi connectivity index (χ2n) is 4.44. The summed E-state index contributed by atoms with van der Waals surface area (Å²) < 4.78 is 4.91. The second kappa shape index (κ2) is 5.12. The molecule has 0 aliphatic carbocycles. The fourth-order valence-electron chi connectivity index (χ4n) is 1.92. The molecule has 1 aliphatic rings. The van der Waals surface area contributed by atoms with E-state index in [1.54, 1.807) is 12.1 Å². The lowest BCUT2D eigenvalue weighted by molar-refractivity contribution is 0.0690. The third-order valence-corrected chi connectivity index (χ3v) is 3.14. The van der Waals surface area contributed by atoms with Crippen molar-refractivity contribution < 1.29 is 9.53 Å². The van der Waals surface area contributed by atoms with Gasteiger partial charge in [0.15, 0.2) is 5.69 Å². The van der Waals surface area contributed by atoms with Gasteiger partial charge in [0.2, 0.25) is 5.88 Å². The van der Waals surface area contributed by atoms with Gasteiger partial charge in [0.1, 0.15) is 0 Å². The van der Waals surface area contributed by atoms with Crippen molar-refractivity contribution in [2.75, 3.05) is 20.2 Å². The van der Waals surface area contributed by atoms with Gasteiger partial charge >= 0.3 is 0 Å². The van der Waals surface area contributed by atoms with Crippen LogP contribution in [0.5, 0.6) is 5.88 Å². The van der Waals surface area contributed by atoms with E-state index in [4.69, 9.17) is 4.74 Å². The Bertz CT molecular complexity index is 383. The van der Waals surface area contributed by atoms with Crippen LogP contribution in [-0.2, 0) is 0 Å². The molecular formula is C12H17N3O2. The quantitative estimate of drug-likeness (QED) is 0.776. The topological polar surface area (TPSA) is 55.3 Å². The predicted molar refractivity (Wildman–Crippen MR) is 62.9 cm³/mol. The molecule has 0 N–H and O–H groups in total. The Kier molecular flexibility index (Phi) is 3.56. The highest BCUT2D eigenvalue weighted by Crippen LogP contribution is 2.17. The lowest BCUT2D eigenvalue weighted by atomic mass is 9.99. The first-order chi connectivity index (χ1) is 8.20. The standard InChI is InChI=1S/C12H17N3O2/c1-9-5-7-15(8-6-9)12(16)10-3-4-11(17-2)14-13-10/h3-4,9H,5-8H2,1-2H3. The summed E-state index contributed by atoms with van der Waals surface area (Å²) >= 11 is 0. The Morgan fingerprint density at radius 1 is 1.35 bits per heavy atom. The Morgan fingerprint density at radius 2 is 2.06 bits per heavy atom. The molecule has 5 nitrogen and oxygen atoms in total. The summed E-state index contributed by atoms with van der Waals surface area (Å²) in [7, 11) is 1.53. The molecule has 0 unspecified atom stereocenters. The first kappa shape index (κ1) is 11.8. The summed E-state index contributed by atoms with van der Waals surface area (Å²) in [6.45, 7) is 3.84. The van der Waals surface area contributed by atoms with E-state index in [-0.39, 0.29) is 5.91 Å². The van der Waals surface area contributed by atoms with Crippen molar-refractivity contribution >= 4 is 5.91 Å². The van der Waals surface area contributed by atoms with Crippen LogP contribution < -0.4 is 4.74 Å². The predicted octanol–water partition coefficient (Wildman–Crippen LogP) is 1.36. The maximum atomic E-state index is 12.1. The van der Waals surface area contributed by atoms with E-state index in [1.807, 2.05) is 4.90 Å². The first-order valence-electron chi connectivity index (χ1n) is 5.87. The summed E-state index contributed by atoms with van der Waals surface area (Å²) in [6, 6.07) is 3.32. The molecular weight excluding hydrogens is 218 g/mol. The van der Waals surface area contributed by atoms with Crippen LogP contribution in [0, 0.1) is 5.92 Å². The van der Waals surface area contributed by atoms with Crippen molar-refractivity contribution in [3.63, 3.8) is 0 Å². The third-order valence-electron chi connectivity index (χ3n) is 3.14. The number of carbonyl (C=O) groups is 1. The van der Waals surface area contributed by atoms with Gasteiger partial charge in [0.05, 0.1) is 7.11 Å². The molecule has 1 saturated heterocycles. The number of piperidine rings is 1. The highest BCUT2D eigenvalue weighted by Gasteiger charge is 2.22. The van der Waals surface area contributed by atoms with E-state index in [0.717, 1.165) is 25.9 Å². The molecule has 1 aromatic rings. The van der Waals surface area contributed by atoms with Crippen molar-refractivity contribution in [2.24, 2.45) is 5.92 Å². The van der Waals surface area contributed by atoms with E-state index in [2.05, 4.69) is 17.1 Å². The van der Waals surface area contributed by atoms with Gasteiger partial charge in [0, 0.05) is 19.2 Å². The molecule has 0 bridgehead atoms. The number of aromatic nitrogens is 2. The molecule has 1 fully saturated rings. The van der Waals surface area contributed by atoms with Gasteiger partial charge in [-0.1, -0.05) is 6.92 Å². The van der Waals surface area contributed by atoms with Gasteiger partial charge in [-0.3, -0.25) is 4.79 Å². The Hall–Kier alpha value is -1.65. The van der Waals surface area contributed by atoms with E-state index in [9.17, 15) is 4.79 Å². The SMILES string of the molecule is COc1ccc(C(=O)N2CCC(C)CC2)nn1. The van der Waals surface area contributed by atoms with Crippen LogP contribution >= 0.6 is 0 Å². The minimum absolute atomic E-state index is 0.0351. The number of likely N-dealkylation sites (tertiary alicyclic amines) is 1. The van der Waals surface area contributed by atoms with Crippen LogP contribution in [0.25, 0.3) is 0 Å². The molecule has 0 aromatic carbocycles. The molecule has 17 heavy (non-hydrogen) atoms. The van der Waals surface area contributed by atoms with Crippen LogP contribution in [0.3, 0.4) is 0 Å². The zero-order valence-electron chi connectivity index (χ0n) is 10.2. The molecule has 0 atom stereocenters. The summed E-state index contributed by atoms with van der Waals surface area (Å²) in [5, 5.41) is 7.69. The van der Waals surface area contributed by atoms with Crippen LogP contribution in [0.1, 0.15) is 30.3 Å². The normalized spacial score (nSPS) is 16.9. The number of ether oxygens (including phenoxy) is 1. The molecule has 92 valence electrons. The number of amides is 1. The molecule has 2 rings (SSSR count). The Labute approximate surface area is 101 Å². The van der Waals surface area contributed by atoms with Crippen molar-refractivity contribution in [3.05, 3.63) is 17.8 Å². The van der Waals surface area contributed by atoms with Crippen molar-refractivity contribution in [3.8, 4) is 5.88 Å². The summed E-state index contributed by atoms with van der Waals surface area (Å²) in [4.78, 5) is 13.9. The molecule has 5 heteroatoms. The lowest BCUT2D eigenvalue weighted by Crippen LogP contribution is -2.38. The second-order valence-corrected chi connectivity index (χ2v) is 4.44. The fourth-order valence-corrected chi connectivity index (χ4v) is 1.92. The Balaban J connectivity index is 2.03. The number of hydrogen-bond donors (Lipinski definition) is 0. The van der Waals surface area contributed by atoms with Gasteiger partial charge in [-0.2, -0.15) is 0 Å². The van der Waals surface area contributed by atoms with Crippen LogP contribution in [0.4, 0.5) is 0 Å². The highest BCUT2D eigenvalue weighted by molar-refractivity contribution is 5.92. The summed E-state index contributed by atoms with van der Waals surface area (Å²) in [5.74, 6) is 1.10. The zero-order chi connectivity index (χ0) is 12.3. The first-order valence-corrected chi connectivity index (χ1v) is 5.87. The van der Waals surface area contributed by atoms with Crippen molar-refractivity contribution in [1.82, 2.24) is 15.1 Å². The zero-order valence-corrected chi connectivity index (χ0v) is 10.2. The molecule has 2 heterocycles. The fraction of sp³-hybridized carbons (Fsp3) is 0.583. The smallest absolute Gasteiger partial charge is 0.274 e. The van der Waals surface area contributed by atoms with Gasteiger partial charge in [0.25, 0.3) is 5.91 Å². The molecule has 1 amide bonds. The van der Waals surface area contributed by atoms with Crippen LogP contribution in [-0.4, -0.2) is 41.2 Å². The maximum Gasteiger partial charge on any atom is 0.274 e. The highest BCUT2D eigenvalue weighted by atomic mass is 16.5. The molecule has 0 saturated carbocycles. The minimum Gasteiger partial charge on any atom is -0.480 e. The summed E-state index contributed by atoms with van der Waals surface area (Å²) in [6.07, 6.45) is 2.13. The summed E-state index contributed by atoms with van der Waals surface area (Å²) in [5.41, 5.74) is 0.389. The third kappa shape index (κ3) is 2.72. The number of hydrogen-bond acceptors (Lipinski definition) is 4. The molecule has 0 spiro atoms. The largest absolute Gasteiger partial charge is 0.480 e. The van der Waals surface area contributed by atoms with E-state index >= 15 is 0 Å². The number of nitrogens with zero attached hydrogens (tertiary/aromatic N) is 3. The van der Waals surface area contributed by atoms with Crippen molar-refractivity contribution in [2.45, 2.75) is 19.8 Å². The minimum atomic E-state index is -0.0351. The molecule has 1 aliphatic heterocycles. The van der Waals surface area contributed by atoms with Gasteiger partial charge in [-0.25, -0.2) is 0 Å². The average Bonchev–Trinajstić information content (AvgIpc) is 2.39. The Morgan fingerprint density at radius 3 is 2.59 bits per heavy atom. The van der Waals surface area contributed by atoms with Gasteiger partial charge < -0.3 is 9.64 Å². The maximum absolute atomic E-state index is 12.1. The lowest BCUT2D eigenvalue weighted by Gasteiger charge is -2.29. The monoisotopic (exact) mass is 235 g/mol. The van der Waals surface area contributed by atoms with Crippen LogP contribution in [0.2, 0.25) is 0 Å². The number of rotatable bonds is 2. The van der Waals surface area contributed by atoms with Gasteiger partial charge in [-0.15, -0.1) is 10.2 Å².